The number of hydrogen-bond donors (Lipinski definition) is 1. The maximum absolute atomic E-state index is 5.77. The summed E-state index contributed by atoms with van der Waals surface area (Å²) in [6, 6.07) is 8.04. The molecule has 1 saturated carbocycles. The highest BCUT2D eigenvalue weighted by Gasteiger charge is 2.27. The van der Waals surface area contributed by atoms with Crippen LogP contribution in [0.15, 0.2) is 36.7 Å². The van der Waals surface area contributed by atoms with E-state index in [9.17, 15) is 0 Å². The molecule has 0 atom stereocenters. The quantitative estimate of drug-likeness (QED) is 0.795. The third-order valence-corrected chi connectivity index (χ3v) is 2.99. The van der Waals surface area contributed by atoms with Crippen molar-refractivity contribution in [1.82, 2.24) is 9.55 Å². The normalized spacial score (nSPS) is 15.2. The van der Waals surface area contributed by atoms with Gasteiger partial charge in [0, 0.05) is 30.5 Å². The average molecular weight is 213 g/mol. The second-order valence-electron chi connectivity index (χ2n) is 4.43. The highest BCUT2D eigenvalue weighted by molar-refractivity contribution is 5.40. The van der Waals surface area contributed by atoms with E-state index < -0.39 is 0 Å². The van der Waals surface area contributed by atoms with Gasteiger partial charge in [0.1, 0.15) is 5.82 Å². The molecule has 1 heterocycles. The van der Waals surface area contributed by atoms with Crippen molar-refractivity contribution in [3.8, 4) is 0 Å². The molecule has 0 saturated heterocycles. The Kier molecular flexibility index (Phi) is 2.17. The Morgan fingerprint density at radius 1 is 1.38 bits per heavy atom. The van der Waals surface area contributed by atoms with Crippen molar-refractivity contribution >= 4 is 5.69 Å². The average Bonchev–Trinajstić information content (AvgIpc) is 3.00. The molecule has 3 heteroatoms. The molecule has 0 spiro atoms. The number of nitrogens with two attached hydrogens (primary N) is 1. The smallest absolute Gasteiger partial charge is 0.112 e. The van der Waals surface area contributed by atoms with Crippen molar-refractivity contribution in [3.05, 3.63) is 48.0 Å². The van der Waals surface area contributed by atoms with Gasteiger partial charge in [0.25, 0.3) is 0 Å². The summed E-state index contributed by atoms with van der Waals surface area (Å²) in [5.74, 6) is 1.92. The minimum absolute atomic E-state index is 0.691. The molecular formula is C13H15N3. The first-order valence-corrected chi connectivity index (χ1v) is 5.68. The first-order valence-electron chi connectivity index (χ1n) is 5.68. The summed E-state index contributed by atoms with van der Waals surface area (Å²) < 4.78 is 2.23. The molecule has 1 aromatic heterocycles. The summed E-state index contributed by atoms with van der Waals surface area (Å²) in [6.45, 7) is 0.872. The monoisotopic (exact) mass is 213 g/mol. The van der Waals surface area contributed by atoms with E-state index in [1.807, 2.05) is 24.4 Å². The van der Waals surface area contributed by atoms with Gasteiger partial charge in [-0.1, -0.05) is 12.1 Å². The Balaban J connectivity index is 1.85. The number of rotatable bonds is 3. The molecule has 0 radical (unpaired) electrons. The molecule has 16 heavy (non-hydrogen) atoms. The SMILES string of the molecule is Nc1cccc(Cn2ccnc2C2CC2)c1. The molecule has 1 aliphatic rings. The fourth-order valence-corrected chi connectivity index (χ4v) is 2.04. The van der Waals surface area contributed by atoms with Crippen LogP contribution in [0.3, 0.4) is 0 Å². The van der Waals surface area contributed by atoms with Crippen molar-refractivity contribution in [1.29, 1.82) is 0 Å². The molecule has 1 aliphatic carbocycles. The fraction of sp³-hybridized carbons (Fsp3) is 0.308. The predicted molar refractivity (Wildman–Crippen MR) is 64.2 cm³/mol. The second-order valence-corrected chi connectivity index (χ2v) is 4.43. The molecular weight excluding hydrogens is 198 g/mol. The van der Waals surface area contributed by atoms with E-state index in [0.717, 1.165) is 12.2 Å². The van der Waals surface area contributed by atoms with Crippen LogP contribution in [0.5, 0.6) is 0 Å². The topological polar surface area (TPSA) is 43.8 Å². The Labute approximate surface area is 94.9 Å². The summed E-state index contributed by atoms with van der Waals surface area (Å²) in [5.41, 5.74) is 7.83. The highest BCUT2D eigenvalue weighted by atomic mass is 15.1. The Morgan fingerprint density at radius 2 is 2.25 bits per heavy atom. The Bertz CT molecular complexity index is 497. The van der Waals surface area contributed by atoms with Gasteiger partial charge in [-0.15, -0.1) is 0 Å². The van der Waals surface area contributed by atoms with Crippen LogP contribution in [-0.4, -0.2) is 9.55 Å². The van der Waals surface area contributed by atoms with E-state index in [2.05, 4.69) is 21.8 Å². The molecule has 82 valence electrons. The van der Waals surface area contributed by atoms with Gasteiger partial charge >= 0.3 is 0 Å². The lowest BCUT2D eigenvalue weighted by molar-refractivity contribution is 0.727. The third-order valence-electron chi connectivity index (χ3n) is 2.99. The maximum atomic E-state index is 5.77. The van der Waals surface area contributed by atoms with Gasteiger partial charge < -0.3 is 10.3 Å². The van der Waals surface area contributed by atoms with Gasteiger partial charge in [-0.05, 0) is 30.5 Å². The van der Waals surface area contributed by atoms with Crippen molar-refractivity contribution in [2.45, 2.75) is 25.3 Å². The summed E-state index contributed by atoms with van der Waals surface area (Å²) in [4.78, 5) is 4.43. The number of benzene rings is 1. The zero-order chi connectivity index (χ0) is 11.0. The van der Waals surface area contributed by atoms with E-state index in [1.54, 1.807) is 0 Å². The van der Waals surface area contributed by atoms with Gasteiger partial charge in [0.2, 0.25) is 0 Å². The van der Waals surface area contributed by atoms with E-state index in [1.165, 1.54) is 24.2 Å². The van der Waals surface area contributed by atoms with Gasteiger partial charge in [-0.3, -0.25) is 0 Å². The molecule has 0 aliphatic heterocycles. The summed E-state index contributed by atoms with van der Waals surface area (Å²) >= 11 is 0. The van der Waals surface area contributed by atoms with Crippen molar-refractivity contribution in [2.75, 3.05) is 5.73 Å². The van der Waals surface area contributed by atoms with Crippen LogP contribution < -0.4 is 5.73 Å². The molecule has 2 N–H and O–H groups in total. The fourth-order valence-electron chi connectivity index (χ4n) is 2.04. The Morgan fingerprint density at radius 3 is 3.00 bits per heavy atom. The summed E-state index contributed by atoms with van der Waals surface area (Å²) in [6.07, 6.45) is 6.51. The zero-order valence-electron chi connectivity index (χ0n) is 9.13. The van der Waals surface area contributed by atoms with E-state index in [-0.39, 0.29) is 0 Å². The molecule has 2 aromatic rings. The van der Waals surface area contributed by atoms with Gasteiger partial charge in [-0.25, -0.2) is 4.98 Å². The van der Waals surface area contributed by atoms with E-state index >= 15 is 0 Å². The number of anilines is 1. The lowest BCUT2D eigenvalue weighted by Gasteiger charge is -2.07. The standard InChI is InChI=1S/C13H15N3/c14-12-3-1-2-10(8-12)9-16-7-6-15-13(16)11-4-5-11/h1-3,6-8,11H,4-5,9,14H2. The predicted octanol–water partition coefficient (Wildman–Crippen LogP) is 2.39. The molecule has 1 fully saturated rings. The number of nitrogen functional groups attached to an aromatic ring is 1. The van der Waals surface area contributed by atoms with Crippen LogP contribution in [0.1, 0.15) is 30.1 Å². The lowest BCUT2D eigenvalue weighted by Crippen LogP contribution is -2.03. The Hall–Kier alpha value is -1.77. The molecule has 0 amide bonds. The first-order chi connectivity index (χ1) is 7.83. The molecule has 0 unspecified atom stereocenters. The van der Waals surface area contributed by atoms with Crippen molar-refractivity contribution in [3.63, 3.8) is 0 Å². The minimum Gasteiger partial charge on any atom is -0.399 e. The molecule has 3 rings (SSSR count). The highest BCUT2D eigenvalue weighted by Crippen LogP contribution is 2.39. The van der Waals surface area contributed by atoms with Gasteiger partial charge in [-0.2, -0.15) is 0 Å². The number of imidazole rings is 1. The first kappa shape index (κ1) is 9.46. The summed E-state index contributed by atoms with van der Waals surface area (Å²) in [5, 5.41) is 0. The third kappa shape index (κ3) is 1.81. The molecule has 3 nitrogen and oxygen atoms in total. The maximum Gasteiger partial charge on any atom is 0.112 e. The number of nitrogens with zero attached hydrogens (tertiary/aromatic N) is 2. The zero-order valence-corrected chi connectivity index (χ0v) is 9.13. The lowest BCUT2D eigenvalue weighted by atomic mass is 10.2. The molecule has 1 aromatic carbocycles. The van der Waals surface area contributed by atoms with Crippen LogP contribution >= 0.6 is 0 Å². The van der Waals surface area contributed by atoms with Crippen molar-refractivity contribution < 1.29 is 0 Å². The number of aromatic nitrogens is 2. The van der Waals surface area contributed by atoms with Crippen molar-refractivity contribution in [2.24, 2.45) is 0 Å². The van der Waals surface area contributed by atoms with E-state index in [4.69, 9.17) is 5.73 Å². The van der Waals surface area contributed by atoms with Gasteiger partial charge in [0.15, 0.2) is 0 Å². The van der Waals surface area contributed by atoms with Crippen LogP contribution in [0.25, 0.3) is 0 Å². The van der Waals surface area contributed by atoms with Crippen LogP contribution in [-0.2, 0) is 6.54 Å². The van der Waals surface area contributed by atoms with E-state index in [0.29, 0.717) is 5.92 Å². The second kappa shape index (κ2) is 3.67. The van der Waals surface area contributed by atoms with Crippen LogP contribution in [0, 0.1) is 0 Å². The van der Waals surface area contributed by atoms with Crippen LogP contribution in [0.2, 0.25) is 0 Å². The summed E-state index contributed by atoms with van der Waals surface area (Å²) in [7, 11) is 0. The molecule has 0 bridgehead atoms. The number of hydrogen-bond acceptors (Lipinski definition) is 2. The largest absolute Gasteiger partial charge is 0.399 e. The van der Waals surface area contributed by atoms with Crippen LogP contribution in [0.4, 0.5) is 5.69 Å². The van der Waals surface area contributed by atoms with Gasteiger partial charge in [0.05, 0.1) is 0 Å². The minimum atomic E-state index is 0.691.